The largest absolute Gasteiger partial charge is 0.480 e. The molecule has 100 valence electrons. The van der Waals surface area contributed by atoms with Crippen LogP contribution in [0.25, 0.3) is 0 Å². The van der Waals surface area contributed by atoms with Gasteiger partial charge in [0.15, 0.2) is 0 Å². The predicted octanol–water partition coefficient (Wildman–Crippen LogP) is 1.71. The van der Waals surface area contributed by atoms with Crippen molar-refractivity contribution in [2.75, 3.05) is 25.0 Å². The van der Waals surface area contributed by atoms with E-state index in [1.807, 2.05) is 6.92 Å². The third kappa shape index (κ3) is 2.98. The first-order valence-electron chi connectivity index (χ1n) is 5.86. The van der Waals surface area contributed by atoms with E-state index in [2.05, 4.69) is 5.32 Å². The van der Waals surface area contributed by atoms with Gasteiger partial charge in [0.2, 0.25) is 0 Å². The Morgan fingerprint density at radius 3 is 2.56 bits per heavy atom. The molecule has 1 rings (SSSR count). The maximum Gasteiger partial charge on any atom is 0.325 e. The molecule has 1 aromatic carbocycles. The number of likely N-dealkylation sites (N-methyl/N-ethyl adjacent to an activating group) is 2. The van der Waals surface area contributed by atoms with Gasteiger partial charge in [-0.15, -0.1) is 0 Å². The van der Waals surface area contributed by atoms with Crippen molar-refractivity contribution in [1.29, 1.82) is 0 Å². The lowest BCUT2D eigenvalue weighted by Crippen LogP contribution is -2.55. The van der Waals surface area contributed by atoms with Crippen LogP contribution in [0.4, 0.5) is 10.1 Å². The summed E-state index contributed by atoms with van der Waals surface area (Å²) in [5, 5.41) is 12.0. The number of benzene rings is 1. The first kappa shape index (κ1) is 14.4. The predicted molar refractivity (Wildman–Crippen MR) is 69.4 cm³/mol. The number of carboxylic acid groups (broad SMARTS) is 1. The van der Waals surface area contributed by atoms with Gasteiger partial charge in [0.05, 0.1) is 5.69 Å². The van der Waals surface area contributed by atoms with Gasteiger partial charge in [-0.3, -0.25) is 4.79 Å². The quantitative estimate of drug-likeness (QED) is 0.811. The number of nitrogens with zero attached hydrogens (tertiary/aromatic N) is 1. The Morgan fingerprint density at radius 2 is 2.11 bits per heavy atom. The van der Waals surface area contributed by atoms with Crippen molar-refractivity contribution >= 4 is 11.7 Å². The van der Waals surface area contributed by atoms with Crippen LogP contribution >= 0.6 is 0 Å². The van der Waals surface area contributed by atoms with Crippen molar-refractivity contribution in [2.45, 2.75) is 19.4 Å². The molecule has 0 fully saturated rings. The summed E-state index contributed by atoms with van der Waals surface area (Å²) in [6, 6.07) is 6.37. The third-order valence-corrected chi connectivity index (χ3v) is 3.11. The van der Waals surface area contributed by atoms with Crippen LogP contribution in [-0.2, 0) is 4.79 Å². The van der Waals surface area contributed by atoms with Gasteiger partial charge in [0.1, 0.15) is 11.4 Å². The molecule has 0 amide bonds. The lowest BCUT2D eigenvalue weighted by molar-refractivity contribution is -0.143. The molecule has 0 spiro atoms. The second kappa shape index (κ2) is 5.82. The molecule has 18 heavy (non-hydrogen) atoms. The van der Waals surface area contributed by atoms with Crippen LogP contribution in [0.3, 0.4) is 0 Å². The van der Waals surface area contributed by atoms with Crippen LogP contribution in [0.5, 0.6) is 0 Å². The summed E-state index contributed by atoms with van der Waals surface area (Å²) in [5.74, 6) is -1.30. The van der Waals surface area contributed by atoms with Gasteiger partial charge in [-0.1, -0.05) is 12.1 Å². The van der Waals surface area contributed by atoms with Crippen molar-refractivity contribution in [2.24, 2.45) is 0 Å². The summed E-state index contributed by atoms with van der Waals surface area (Å²) in [5.41, 5.74) is -0.694. The summed E-state index contributed by atoms with van der Waals surface area (Å²) >= 11 is 0. The molecular formula is C13H19FN2O2. The highest BCUT2D eigenvalue weighted by Crippen LogP contribution is 2.20. The van der Waals surface area contributed by atoms with Gasteiger partial charge in [-0.25, -0.2) is 4.39 Å². The molecule has 0 aromatic heterocycles. The lowest BCUT2D eigenvalue weighted by atomic mass is 10.0. The van der Waals surface area contributed by atoms with Crippen molar-refractivity contribution in [3.8, 4) is 0 Å². The summed E-state index contributed by atoms with van der Waals surface area (Å²) in [6.45, 7) is 4.17. The number of para-hydroxylation sites is 1. The molecule has 0 aliphatic heterocycles. The fourth-order valence-corrected chi connectivity index (χ4v) is 1.71. The third-order valence-electron chi connectivity index (χ3n) is 3.11. The monoisotopic (exact) mass is 254 g/mol. The Labute approximate surface area is 106 Å². The van der Waals surface area contributed by atoms with Gasteiger partial charge in [0, 0.05) is 13.1 Å². The highest BCUT2D eigenvalue weighted by atomic mass is 19.1. The Bertz CT molecular complexity index is 425. The van der Waals surface area contributed by atoms with E-state index in [1.165, 1.54) is 6.07 Å². The van der Waals surface area contributed by atoms with E-state index in [0.29, 0.717) is 12.2 Å². The molecule has 1 aromatic rings. The average molecular weight is 254 g/mol. The summed E-state index contributed by atoms with van der Waals surface area (Å²) in [4.78, 5) is 12.9. The minimum atomic E-state index is -1.11. The van der Waals surface area contributed by atoms with E-state index in [0.717, 1.165) is 0 Å². The number of rotatable bonds is 6. The van der Waals surface area contributed by atoms with E-state index in [4.69, 9.17) is 0 Å². The Morgan fingerprint density at radius 1 is 1.50 bits per heavy atom. The van der Waals surface area contributed by atoms with Crippen LogP contribution in [0.15, 0.2) is 24.3 Å². The number of halogens is 1. The standard InChI is InChI=1S/C13H19FN2O2/c1-4-16(9-13(2,15-3)12(17)18)11-8-6-5-7-10(11)14/h5-8,15H,4,9H2,1-3H3,(H,17,18). The minimum absolute atomic E-state index is 0.191. The number of carbonyl (C=O) groups is 1. The van der Waals surface area contributed by atoms with E-state index >= 15 is 0 Å². The molecular weight excluding hydrogens is 235 g/mol. The molecule has 1 atom stereocenters. The molecule has 0 radical (unpaired) electrons. The number of aliphatic carboxylic acids is 1. The molecule has 0 heterocycles. The van der Waals surface area contributed by atoms with Crippen LogP contribution < -0.4 is 10.2 Å². The molecule has 0 bridgehead atoms. The van der Waals surface area contributed by atoms with Crippen molar-refractivity contribution < 1.29 is 14.3 Å². The summed E-state index contributed by atoms with van der Waals surface area (Å²) in [6.07, 6.45) is 0. The molecule has 0 aliphatic carbocycles. The van der Waals surface area contributed by atoms with Gasteiger partial charge >= 0.3 is 5.97 Å². The number of hydrogen-bond donors (Lipinski definition) is 2. The van der Waals surface area contributed by atoms with Gasteiger partial charge in [0.25, 0.3) is 0 Å². The van der Waals surface area contributed by atoms with Crippen LogP contribution in [0.2, 0.25) is 0 Å². The van der Waals surface area contributed by atoms with E-state index in [-0.39, 0.29) is 12.4 Å². The van der Waals surface area contributed by atoms with Gasteiger partial charge < -0.3 is 15.3 Å². The molecule has 0 aliphatic rings. The number of hydrogen-bond acceptors (Lipinski definition) is 3. The maximum absolute atomic E-state index is 13.7. The fourth-order valence-electron chi connectivity index (χ4n) is 1.71. The van der Waals surface area contributed by atoms with Crippen molar-refractivity contribution in [3.05, 3.63) is 30.1 Å². The highest BCUT2D eigenvalue weighted by molar-refractivity contribution is 5.79. The topological polar surface area (TPSA) is 52.6 Å². The van der Waals surface area contributed by atoms with E-state index in [1.54, 1.807) is 37.1 Å². The van der Waals surface area contributed by atoms with Crippen LogP contribution in [-0.4, -0.2) is 36.8 Å². The van der Waals surface area contributed by atoms with Crippen LogP contribution in [0, 0.1) is 5.82 Å². The second-order valence-corrected chi connectivity index (χ2v) is 4.35. The van der Waals surface area contributed by atoms with E-state index in [9.17, 15) is 14.3 Å². The zero-order valence-electron chi connectivity index (χ0n) is 10.9. The fraction of sp³-hybridized carbons (Fsp3) is 0.462. The van der Waals surface area contributed by atoms with Crippen molar-refractivity contribution in [3.63, 3.8) is 0 Å². The Balaban J connectivity index is 2.99. The lowest BCUT2D eigenvalue weighted by Gasteiger charge is -2.33. The normalized spacial score (nSPS) is 14.0. The van der Waals surface area contributed by atoms with Gasteiger partial charge in [-0.05, 0) is 33.0 Å². The van der Waals surface area contributed by atoms with Crippen molar-refractivity contribution in [1.82, 2.24) is 5.32 Å². The molecule has 2 N–H and O–H groups in total. The zero-order valence-corrected chi connectivity index (χ0v) is 10.9. The molecule has 1 unspecified atom stereocenters. The number of anilines is 1. The molecule has 4 nitrogen and oxygen atoms in total. The summed E-state index contributed by atoms with van der Waals surface area (Å²) < 4.78 is 13.7. The Hall–Kier alpha value is -1.62. The molecule has 0 saturated carbocycles. The maximum atomic E-state index is 13.7. The number of nitrogens with one attached hydrogen (secondary N) is 1. The smallest absolute Gasteiger partial charge is 0.325 e. The SMILES string of the molecule is CCN(CC(C)(NC)C(=O)O)c1ccccc1F. The van der Waals surface area contributed by atoms with Gasteiger partial charge in [-0.2, -0.15) is 0 Å². The zero-order chi connectivity index (χ0) is 13.8. The number of carboxylic acids is 1. The first-order chi connectivity index (χ1) is 8.44. The second-order valence-electron chi connectivity index (χ2n) is 4.35. The highest BCUT2D eigenvalue weighted by Gasteiger charge is 2.33. The molecule has 0 saturated heterocycles. The minimum Gasteiger partial charge on any atom is -0.480 e. The average Bonchev–Trinajstić information content (AvgIpc) is 2.36. The summed E-state index contributed by atoms with van der Waals surface area (Å²) in [7, 11) is 1.59. The van der Waals surface area contributed by atoms with E-state index < -0.39 is 11.5 Å². The first-order valence-corrected chi connectivity index (χ1v) is 5.86. The molecule has 5 heteroatoms. The Kier molecular flexibility index (Phi) is 4.67. The van der Waals surface area contributed by atoms with Crippen LogP contribution in [0.1, 0.15) is 13.8 Å².